The summed E-state index contributed by atoms with van der Waals surface area (Å²) in [5.41, 5.74) is 8.89. The maximum Gasteiger partial charge on any atom is 0.255 e. The second-order valence-electron chi connectivity index (χ2n) is 8.64. The number of alkyl halides is 1. The molecule has 0 bridgehead atoms. The number of nitrogens with one attached hydrogen (secondary N) is 2. The second-order valence-corrected chi connectivity index (χ2v) is 9.07. The molecule has 0 atom stereocenters. The standard InChI is InChI=1S/C26H28ClFN4O2/c27-18-6-9-22(17(12-18)14-28)31-19-7-11-24(33)21(13-19)23-10-8-20(25(29)32-23)26(34)30-15-16-4-2-1-3-5-16/h6-13,16,31,33H,1-5,14-15H2,(H2,29,32)(H,30,34). The Morgan fingerprint density at radius 1 is 1.12 bits per heavy atom. The fourth-order valence-electron chi connectivity index (χ4n) is 4.31. The first-order valence-electron chi connectivity index (χ1n) is 11.4. The van der Waals surface area contributed by atoms with Crippen LogP contribution < -0.4 is 16.4 Å². The van der Waals surface area contributed by atoms with Crippen LogP contribution in [0.1, 0.15) is 48.0 Å². The Bertz CT molecular complexity index is 1180. The number of carbonyl (C=O) groups excluding carboxylic acids is 1. The minimum Gasteiger partial charge on any atom is -0.507 e. The third-order valence-corrected chi connectivity index (χ3v) is 6.44. The maximum absolute atomic E-state index is 13.4. The number of anilines is 3. The van der Waals surface area contributed by atoms with Crippen molar-refractivity contribution in [1.29, 1.82) is 0 Å². The van der Waals surface area contributed by atoms with E-state index >= 15 is 0 Å². The minimum absolute atomic E-state index is 0.00812. The first-order chi connectivity index (χ1) is 16.4. The zero-order valence-electron chi connectivity index (χ0n) is 18.8. The first-order valence-corrected chi connectivity index (χ1v) is 11.8. The van der Waals surface area contributed by atoms with E-state index in [-0.39, 0.29) is 17.5 Å². The summed E-state index contributed by atoms with van der Waals surface area (Å²) in [6.07, 6.45) is 5.97. The molecule has 0 spiro atoms. The van der Waals surface area contributed by atoms with E-state index < -0.39 is 6.67 Å². The summed E-state index contributed by atoms with van der Waals surface area (Å²) < 4.78 is 13.4. The average molecular weight is 483 g/mol. The molecule has 34 heavy (non-hydrogen) atoms. The predicted molar refractivity (Wildman–Crippen MR) is 134 cm³/mol. The Balaban J connectivity index is 1.51. The van der Waals surface area contributed by atoms with Gasteiger partial charge in [-0.05, 0) is 67.3 Å². The number of hydrogen-bond donors (Lipinski definition) is 4. The first kappa shape index (κ1) is 23.8. The fraction of sp³-hybridized carbons (Fsp3) is 0.308. The molecule has 1 saturated carbocycles. The number of aromatic hydroxyl groups is 1. The third kappa shape index (κ3) is 5.59. The molecule has 178 valence electrons. The van der Waals surface area contributed by atoms with Crippen molar-refractivity contribution in [3.8, 4) is 17.0 Å². The Morgan fingerprint density at radius 3 is 2.65 bits per heavy atom. The Morgan fingerprint density at radius 2 is 1.91 bits per heavy atom. The number of benzene rings is 2. The smallest absolute Gasteiger partial charge is 0.255 e. The zero-order valence-corrected chi connectivity index (χ0v) is 19.5. The summed E-state index contributed by atoms with van der Waals surface area (Å²) in [5.74, 6) is 0.364. The number of carbonyl (C=O) groups is 1. The van der Waals surface area contributed by atoms with Crippen molar-refractivity contribution >= 4 is 34.7 Å². The lowest BCUT2D eigenvalue weighted by Gasteiger charge is -2.21. The molecule has 1 aliphatic carbocycles. The number of phenolic OH excluding ortho intramolecular Hbond substituents is 1. The molecule has 8 heteroatoms. The molecule has 1 amide bonds. The van der Waals surface area contributed by atoms with E-state index in [0.717, 1.165) is 12.8 Å². The van der Waals surface area contributed by atoms with E-state index in [0.29, 0.717) is 51.2 Å². The molecule has 0 unspecified atom stereocenters. The lowest BCUT2D eigenvalue weighted by molar-refractivity contribution is 0.0944. The number of hydrogen-bond acceptors (Lipinski definition) is 5. The molecule has 0 saturated heterocycles. The molecule has 4 rings (SSSR count). The number of amides is 1. The molecule has 0 radical (unpaired) electrons. The van der Waals surface area contributed by atoms with Gasteiger partial charge in [-0.15, -0.1) is 0 Å². The number of nitrogens with zero attached hydrogens (tertiary/aromatic N) is 1. The van der Waals surface area contributed by atoms with E-state index in [1.54, 1.807) is 42.5 Å². The molecule has 1 aliphatic rings. The molecule has 1 heterocycles. The van der Waals surface area contributed by atoms with Crippen LogP contribution in [0.25, 0.3) is 11.3 Å². The van der Waals surface area contributed by atoms with Crippen LogP contribution in [0.4, 0.5) is 21.6 Å². The van der Waals surface area contributed by atoms with Crippen LogP contribution in [0.3, 0.4) is 0 Å². The summed E-state index contributed by atoms with van der Waals surface area (Å²) in [5, 5.41) is 17.0. The van der Waals surface area contributed by atoms with Gasteiger partial charge in [0.05, 0.1) is 11.3 Å². The number of nitrogens with two attached hydrogens (primary N) is 1. The van der Waals surface area contributed by atoms with E-state index in [2.05, 4.69) is 15.6 Å². The summed E-state index contributed by atoms with van der Waals surface area (Å²) in [6, 6.07) is 13.1. The summed E-state index contributed by atoms with van der Waals surface area (Å²) in [6.45, 7) is -0.0315. The highest BCUT2D eigenvalue weighted by atomic mass is 35.5. The Kier molecular flexibility index (Phi) is 7.53. The highest BCUT2D eigenvalue weighted by Crippen LogP contribution is 2.34. The summed E-state index contributed by atoms with van der Waals surface area (Å²) in [7, 11) is 0. The minimum atomic E-state index is -0.670. The quantitative estimate of drug-likeness (QED) is 0.300. The highest BCUT2D eigenvalue weighted by Gasteiger charge is 2.18. The lowest BCUT2D eigenvalue weighted by Crippen LogP contribution is -2.30. The normalized spacial score (nSPS) is 14.1. The van der Waals surface area contributed by atoms with Gasteiger partial charge in [0.1, 0.15) is 18.2 Å². The summed E-state index contributed by atoms with van der Waals surface area (Å²) in [4.78, 5) is 17.0. The van der Waals surface area contributed by atoms with Crippen LogP contribution in [-0.4, -0.2) is 22.5 Å². The van der Waals surface area contributed by atoms with Crippen molar-refractivity contribution < 1.29 is 14.3 Å². The lowest BCUT2D eigenvalue weighted by atomic mass is 9.89. The third-order valence-electron chi connectivity index (χ3n) is 6.21. The second kappa shape index (κ2) is 10.7. The monoisotopic (exact) mass is 482 g/mol. The number of pyridine rings is 1. The molecule has 5 N–H and O–H groups in total. The van der Waals surface area contributed by atoms with Crippen molar-refractivity contribution in [2.24, 2.45) is 5.92 Å². The predicted octanol–water partition coefficient (Wildman–Crippen LogP) is 6.21. The van der Waals surface area contributed by atoms with Crippen LogP contribution in [0.15, 0.2) is 48.5 Å². The Hall–Kier alpha value is -3.32. The van der Waals surface area contributed by atoms with Crippen molar-refractivity contribution in [2.45, 2.75) is 38.8 Å². The molecule has 1 aromatic heterocycles. The van der Waals surface area contributed by atoms with Gasteiger partial charge < -0.3 is 21.5 Å². The van der Waals surface area contributed by atoms with Crippen LogP contribution >= 0.6 is 11.6 Å². The molecular formula is C26H28ClFN4O2. The Labute approximate surface area is 203 Å². The van der Waals surface area contributed by atoms with Gasteiger partial charge in [-0.1, -0.05) is 30.9 Å². The van der Waals surface area contributed by atoms with Crippen LogP contribution in [0, 0.1) is 5.92 Å². The van der Waals surface area contributed by atoms with Gasteiger partial charge in [-0.25, -0.2) is 9.37 Å². The molecule has 6 nitrogen and oxygen atoms in total. The molecule has 2 aromatic carbocycles. The largest absolute Gasteiger partial charge is 0.507 e. The van der Waals surface area contributed by atoms with Gasteiger partial charge in [0, 0.05) is 34.1 Å². The van der Waals surface area contributed by atoms with Crippen molar-refractivity contribution in [2.75, 3.05) is 17.6 Å². The van der Waals surface area contributed by atoms with Gasteiger partial charge in [-0.3, -0.25) is 4.79 Å². The van der Waals surface area contributed by atoms with Crippen molar-refractivity contribution in [3.63, 3.8) is 0 Å². The molecule has 0 aliphatic heterocycles. The average Bonchev–Trinajstić information content (AvgIpc) is 2.85. The molecule has 3 aromatic rings. The number of phenols is 1. The summed E-state index contributed by atoms with van der Waals surface area (Å²) >= 11 is 5.96. The van der Waals surface area contributed by atoms with Gasteiger partial charge in [-0.2, -0.15) is 0 Å². The van der Waals surface area contributed by atoms with Gasteiger partial charge in [0.15, 0.2) is 0 Å². The highest BCUT2D eigenvalue weighted by molar-refractivity contribution is 6.30. The van der Waals surface area contributed by atoms with Gasteiger partial charge in [0.2, 0.25) is 0 Å². The van der Waals surface area contributed by atoms with Crippen molar-refractivity contribution in [1.82, 2.24) is 10.3 Å². The maximum atomic E-state index is 13.4. The topological polar surface area (TPSA) is 100 Å². The van der Waals surface area contributed by atoms with E-state index in [1.165, 1.54) is 25.3 Å². The van der Waals surface area contributed by atoms with E-state index in [9.17, 15) is 14.3 Å². The van der Waals surface area contributed by atoms with Crippen LogP contribution in [-0.2, 0) is 6.67 Å². The van der Waals surface area contributed by atoms with Crippen LogP contribution in [0.2, 0.25) is 5.02 Å². The number of rotatable bonds is 7. The van der Waals surface area contributed by atoms with E-state index in [1.807, 2.05) is 0 Å². The molecule has 1 fully saturated rings. The van der Waals surface area contributed by atoms with Crippen LogP contribution in [0.5, 0.6) is 5.75 Å². The number of nitrogen functional groups attached to an aromatic ring is 1. The van der Waals surface area contributed by atoms with E-state index in [4.69, 9.17) is 17.3 Å². The van der Waals surface area contributed by atoms with Gasteiger partial charge >= 0.3 is 0 Å². The fourth-order valence-corrected chi connectivity index (χ4v) is 4.50. The zero-order chi connectivity index (χ0) is 24.1. The SMILES string of the molecule is Nc1nc(-c2cc(Nc3ccc(Cl)cc3CF)ccc2O)ccc1C(=O)NCC1CCCCC1. The van der Waals surface area contributed by atoms with Crippen molar-refractivity contribution in [3.05, 3.63) is 64.7 Å². The van der Waals surface area contributed by atoms with Gasteiger partial charge in [0.25, 0.3) is 5.91 Å². The number of halogens is 2. The number of aromatic nitrogens is 1. The molecular weight excluding hydrogens is 455 g/mol.